The lowest BCUT2D eigenvalue weighted by molar-refractivity contribution is 0.280. The third-order valence-corrected chi connectivity index (χ3v) is 4.22. The van der Waals surface area contributed by atoms with Gasteiger partial charge in [0.1, 0.15) is 6.61 Å². The van der Waals surface area contributed by atoms with Gasteiger partial charge < -0.3 is 25.3 Å². The molecule has 0 amide bonds. The van der Waals surface area contributed by atoms with Crippen LogP contribution in [0.15, 0.2) is 36.7 Å². The van der Waals surface area contributed by atoms with Crippen molar-refractivity contribution in [2.24, 2.45) is 0 Å². The standard InChI is InChI=1S/C20H20F2N4O3/c1-11-5-4-6-14(23)19(11)26-20-24-8-12(9-25-20)29-10-13-17(21)15(27-2)7-16(28-3)18(13)22/h4-9H,10,23H2,1-3H3,(H,24,25,26). The molecule has 0 radical (unpaired) electrons. The zero-order chi connectivity index (χ0) is 21.0. The molecule has 1 aromatic heterocycles. The maximum absolute atomic E-state index is 14.4. The number of aryl methyl sites for hydroxylation is 1. The summed E-state index contributed by atoms with van der Waals surface area (Å²) >= 11 is 0. The van der Waals surface area contributed by atoms with Crippen LogP contribution in [0.1, 0.15) is 11.1 Å². The number of aromatic nitrogens is 2. The number of nitrogen functional groups attached to an aromatic ring is 1. The molecule has 3 aromatic rings. The molecule has 152 valence electrons. The average molecular weight is 402 g/mol. The summed E-state index contributed by atoms with van der Waals surface area (Å²) in [6, 6.07) is 6.65. The van der Waals surface area contributed by atoms with Crippen molar-refractivity contribution in [3.05, 3.63) is 59.4 Å². The number of ether oxygens (including phenoxy) is 3. The first-order valence-corrected chi connectivity index (χ1v) is 8.60. The molecule has 3 rings (SSSR count). The van der Waals surface area contributed by atoms with Crippen molar-refractivity contribution in [3.8, 4) is 17.2 Å². The topological polar surface area (TPSA) is 91.5 Å². The Morgan fingerprint density at radius 2 is 1.66 bits per heavy atom. The van der Waals surface area contributed by atoms with Gasteiger partial charge >= 0.3 is 0 Å². The quantitative estimate of drug-likeness (QED) is 0.578. The van der Waals surface area contributed by atoms with Crippen LogP contribution in [0.4, 0.5) is 26.1 Å². The molecule has 0 bridgehead atoms. The molecule has 9 heteroatoms. The van der Waals surface area contributed by atoms with Gasteiger partial charge in [-0.3, -0.25) is 0 Å². The van der Waals surface area contributed by atoms with E-state index in [-0.39, 0.29) is 22.8 Å². The molecular formula is C20H20F2N4O3. The first-order chi connectivity index (χ1) is 13.9. The first-order valence-electron chi connectivity index (χ1n) is 8.60. The lowest BCUT2D eigenvalue weighted by Gasteiger charge is -2.13. The molecular weight excluding hydrogens is 382 g/mol. The number of anilines is 3. The molecule has 0 saturated carbocycles. The summed E-state index contributed by atoms with van der Waals surface area (Å²) in [6.45, 7) is 1.51. The molecule has 0 aliphatic carbocycles. The van der Waals surface area contributed by atoms with E-state index in [0.29, 0.717) is 17.3 Å². The number of para-hydroxylation sites is 1. The average Bonchev–Trinajstić information content (AvgIpc) is 2.72. The Labute approximate surface area is 166 Å². The fourth-order valence-electron chi connectivity index (χ4n) is 2.65. The third kappa shape index (κ3) is 4.29. The number of nitrogens with two attached hydrogens (primary N) is 1. The van der Waals surface area contributed by atoms with Gasteiger partial charge in [-0.1, -0.05) is 12.1 Å². The minimum absolute atomic E-state index is 0.145. The molecule has 29 heavy (non-hydrogen) atoms. The van der Waals surface area contributed by atoms with Crippen LogP contribution in [0.2, 0.25) is 0 Å². The second kappa shape index (κ2) is 8.59. The van der Waals surface area contributed by atoms with E-state index < -0.39 is 18.2 Å². The van der Waals surface area contributed by atoms with Crippen molar-refractivity contribution in [1.29, 1.82) is 0 Å². The zero-order valence-corrected chi connectivity index (χ0v) is 16.1. The maximum Gasteiger partial charge on any atom is 0.227 e. The van der Waals surface area contributed by atoms with Gasteiger partial charge in [0.15, 0.2) is 28.9 Å². The van der Waals surface area contributed by atoms with Gasteiger partial charge in [-0.2, -0.15) is 0 Å². The summed E-state index contributed by atoms with van der Waals surface area (Å²) in [5, 5.41) is 3.03. The highest BCUT2D eigenvalue weighted by atomic mass is 19.1. The lowest BCUT2D eigenvalue weighted by atomic mass is 10.1. The highest BCUT2D eigenvalue weighted by Gasteiger charge is 2.20. The Morgan fingerprint density at radius 3 is 2.21 bits per heavy atom. The van der Waals surface area contributed by atoms with Crippen LogP contribution in [0.3, 0.4) is 0 Å². The molecule has 3 N–H and O–H groups in total. The summed E-state index contributed by atoms with van der Waals surface area (Å²) in [6.07, 6.45) is 2.77. The van der Waals surface area contributed by atoms with Crippen LogP contribution in [0.25, 0.3) is 0 Å². The molecule has 0 atom stereocenters. The smallest absolute Gasteiger partial charge is 0.227 e. The van der Waals surface area contributed by atoms with Crippen molar-refractivity contribution in [2.75, 3.05) is 25.3 Å². The SMILES string of the molecule is COc1cc(OC)c(F)c(COc2cnc(Nc3c(C)cccc3N)nc2)c1F. The second-order valence-corrected chi connectivity index (χ2v) is 6.08. The highest BCUT2D eigenvalue weighted by Crippen LogP contribution is 2.32. The molecule has 0 aliphatic rings. The second-order valence-electron chi connectivity index (χ2n) is 6.08. The Bertz CT molecular complexity index is 965. The number of nitrogens with one attached hydrogen (secondary N) is 1. The number of benzene rings is 2. The van der Waals surface area contributed by atoms with Crippen LogP contribution in [0.5, 0.6) is 17.2 Å². The van der Waals surface area contributed by atoms with E-state index >= 15 is 0 Å². The van der Waals surface area contributed by atoms with Crippen LogP contribution in [-0.2, 0) is 6.61 Å². The van der Waals surface area contributed by atoms with Crippen molar-refractivity contribution in [3.63, 3.8) is 0 Å². The predicted octanol–water partition coefficient (Wildman–Crippen LogP) is 3.99. The lowest BCUT2D eigenvalue weighted by Crippen LogP contribution is -2.07. The Kier molecular flexibility index (Phi) is 5.96. The van der Waals surface area contributed by atoms with E-state index in [1.54, 1.807) is 6.07 Å². The van der Waals surface area contributed by atoms with E-state index in [1.807, 2.05) is 19.1 Å². The number of methoxy groups -OCH3 is 2. The summed E-state index contributed by atoms with van der Waals surface area (Å²) in [7, 11) is 2.56. The van der Waals surface area contributed by atoms with Gasteiger partial charge in [0.25, 0.3) is 0 Å². The highest BCUT2D eigenvalue weighted by molar-refractivity contribution is 5.73. The number of hydrogen-bond acceptors (Lipinski definition) is 7. The minimum Gasteiger partial charge on any atom is -0.494 e. The largest absolute Gasteiger partial charge is 0.494 e. The monoisotopic (exact) mass is 402 g/mol. The summed E-state index contributed by atoms with van der Waals surface area (Å²) in [5.74, 6) is -1.48. The van der Waals surface area contributed by atoms with Crippen LogP contribution >= 0.6 is 0 Å². The number of halogens is 2. The normalized spacial score (nSPS) is 10.5. The van der Waals surface area contributed by atoms with Crippen molar-refractivity contribution in [1.82, 2.24) is 9.97 Å². The van der Waals surface area contributed by atoms with E-state index in [1.165, 1.54) is 26.6 Å². The fourth-order valence-corrected chi connectivity index (χ4v) is 2.65. The van der Waals surface area contributed by atoms with E-state index in [9.17, 15) is 8.78 Å². The molecule has 1 heterocycles. The first kappa shape index (κ1) is 20.1. The Morgan fingerprint density at radius 1 is 1.03 bits per heavy atom. The zero-order valence-electron chi connectivity index (χ0n) is 16.1. The van der Waals surface area contributed by atoms with Gasteiger partial charge in [0.2, 0.25) is 5.95 Å². The van der Waals surface area contributed by atoms with Gasteiger partial charge in [-0.05, 0) is 18.6 Å². The van der Waals surface area contributed by atoms with Crippen LogP contribution < -0.4 is 25.3 Å². The van der Waals surface area contributed by atoms with Gasteiger partial charge in [-0.25, -0.2) is 18.7 Å². The number of hydrogen-bond donors (Lipinski definition) is 2. The van der Waals surface area contributed by atoms with Gasteiger partial charge in [-0.15, -0.1) is 0 Å². The van der Waals surface area contributed by atoms with E-state index in [4.69, 9.17) is 19.9 Å². The third-order valence-electron chi connectivity index (χ3n) is 4.22. The van der Waals surface area contributed by atoms with Crippen molar-refractivity contribution < 1.29 is 23.0 Å². The van der Waals surface area contributed by atoms with Gasteiger partial charge in [0.05, 0.1) is 43.6 Å². The van der Waals surface area contributed by atoms with E-state index in [0.717, 1.165) is 11.6 Å². The Hall–Kier alpha value is -3.62. The van der Waals surface area contributed by atoms with Crippen LogP contribution in [0, 0.1) is 18.6 Å². The molecule has 0 spiro atoms. The van der Waals surface area contributed by atoms with Crippen molar-refractivity contribution >= 4 is 17.3 Å². The predicted molar refractivity (Wildman–Crippen MR) is 105 cm³/mol. The molecule has 0 unspecified atom stereocenters. The van der Waals surface area contributed by atoms with Crippen molar-refractivity contribution in [2.45, 2.75) is 13.5 Å². The number of rotatable bonds is 7. The molecule has 2 aromatic carbocycles. The summed E-state index contributed by atoms with van der Waals surface area (Å²) in [5.41, 5.74) is 7.83. The minimum atomic E-state index is -0.861. The summed E-state index contributed by atoms with van der Waals surface area (Å²) in [4.78, 5) is 8.28. The molecule has 0 fully saturated rings. The molecule has 0 aliphatic heterocycles. The molecule has 0 saturated heterocycles. The van der Waals surface area contributed by atoms with Crippen LogP contribution in [-0.4, -0.2) is 24.2 Å². The number of nitrogens with zero attached hydrogens (tertiary/aromatic N) is 2. The van der Waals surface area contributed by atoms with Gasteiger partial charge in [0, 0.05) is 6.07 Å². The maximum atomic E-state index is 14.4. The summed E-state index contributed by atoms with van der Waals surface area (Å²) < 4.78 is 44.0. The van der Waals surface area contributed by atoms with E-state index in [2.05, 4.69) is 15.3 Å². The fraction of sp³-hybridized carbons (Fsp3) is 0.200. The Balaban J connectivity index is 1.74. The molecule has 7 nitrogen and oxygen atoms in total.